The van der Waals surface area contributed by atoms with Gasteiger partial charge in [0.1, 0.15) is 0 Å². The predicted molar refractivity (Wildman–Crippen MR) is 86.8 cm³/mol. The maximum absolute atomic E-state index is 4.63. The second-order valence-corrected chi connectivity index (χ2v) is 5.40. The molecule has 0 saturated heterocycles. The Balaban J connectivity index is 2.10. The van der Waals surface area contributed by atoms with Crippen molar-refractivity contribution in [3.05, 3.63) is 36.4 Å². The Bertz CT molecular complexity index is 738. The normalized spacial score (nSPS) is 11.0. The van der Waals surface area contributed by atoms with Gasteiger partial charge in [-0.3, -0.25) is 0 Å². The van der Waals surface area contributed by atoms with E-state index in [1.165, 1.54) is 11.8 Å². The van der Waals surface area contributed by atoms with Gasteiger partial charge in [-0.15, -0.1) is 0 Å². The van der Waals surface area contributed by atoms with Crippen LogP contribution in [-0.2, 0) is 0 Å². The largest absolute Gasteiger partial charge is 0.354 e. The summed E-state index contributed by atoms with van der Waals surface area (Å²) in [6.45, 7) is 2.99. The number of thioether (sulfide) groups is 1. The number of benzene rings is 1. The molecule has 108 valence electrons. The van der Waals surface area contributed by atoms with Crippen molar-refractivity contribution in [3.8, 4) is 11.3 Å². The van der Waals surface area contributed by atoms with E-state index < -0.39 is 0 Å². The SMILES string of the molecule is CCCNc1nc(SC)nc2cc(-c3ccccc3)nn12. The van der Waals surface area contributed by atoms with E-state index in [0.717, 1.165) is 41.0 Å². The van der Waals surface area contributed by atoms with E-state index in [1.54, 1.807) is 4.52 Å². The fourth-order valence-electron chi connectivity index (χ4n) is 2.06. The van der Waals surface area contributed by atoms with Gasteiger partial charge in [0.05, 0.1) is 5.69 Å². The van der Waals surface area contributed by atoms with Crippen LogP contribution in [0, 0.1) is 0 Å². The number of rotatable bonds is 5. The standard InChI is InChI=1S/C15H17N5S/c1-3-9-16-14-18-15(21-2)17-13-10-12(19-20(13)14)11-7-5-4-6-8-11/h4-8,10H,3,9H2,1-2H3,(H,16,17,18). The van der Waals surface area contributed by atoms with Crippen LogP contribution in [-0.4, -0.2) is 32.4 Å². The molecule has 0 unspecified atom stereocenters. The van der Waals surface area contributed by atoms with E-state index in [1.807, 2.05) is 42.7 Å². The zero-order valence-electron chi connectivity index (χ0n) is 12.1. The van der Waals surface area contributed by atoms with Crippen LogP contribution in [0.4, 0.5) is 5.95 Å². The maximum atomic E-state index is 4.63. The summed E-state index contributed by atoms with van der Waals surface area (Å²) in [7, 11) is 0. The molecule has 1 N–H and O–H groups in total. The van der Waals surface area contributed by atoms with Gasteiger partial charge in [0.15, 0.2) is 10.8 Å². The highest BCUT2D eigenvalue weighted by Crippen LogP contribution is 2.22. The van der Waals surface area contributed by atoms with E-state index in [9.17, 15) is 0 Å². The van der Waals surface area contributed by atoms with Crippen LogP contribution in [0.2, 0.25) is 0 Å². The first-order valence-electron chi connectivity index (χ1n) is 6.93. The van der Waals surface area contributed by atoms with Crippen LogP contribution in [0.25, 0.3) is 16.9 Å². The topological polar surface area (TPSA) is 55.1 Å². The molecule has 5 nitrogen and oxygen atoms in total. The van der Waals surface area contributed by atoms with Crippen LogP contribution in [0.1, 0.15) is 13.3 Å². The Morgan fingerprint density at radius 2 is 2.00 bits per heavy atom. The first-order chi connectivity index (χ1) is 10.3. The third-order valence-electron chi connectivity index (χ3n) is 3.09. The van der Waals surface area contributed by atoms with Gasteiger partial charge >= 0.3 is 0 Å². The minimum Gasteiger partial charge on any atom is -0.354 e. The van der Waals surface area contributed by atoms with Crippen molar-refractivity contribution in [2.75, 3.05) is 18.1 Å². The molecular formula is C15H17N5S. The first-order valence-corrected chi connectivity index (χ1v) is 8.15. The quantitative estimate of drug-likeness (QED) is 0.732. The molecule has 3 aromatic rings. The Kier molecular flexibility index (Phi) is 4.06. The lowest BCUT2D eigenvalue weighted by atomic mass is 10.2. The summed E-state index contributed by atoms with van der Waals surface area (Å²) in [5.74, 6) is 0.744. The fraction of sp³-hybridized carbons (Fsp3) is 0.267. The zero-order chi connectivity index (χ0) is 14.7. The zero-order valence-corrected chi connectivity index (χ0v) is 12.9. The Hall–Kier alpha value is -2.08. The van der Waals surface area contributed by atoms with Crippen molar-refractivity contribution in [3.63, 3.8) is 0 Å². The summed E-state index contributed by atoms with van der Waals surface area (Å²) in [6.07, 6.45) is 3.01. The van der Waals surface area contributed by atoms with Gasteiger partial charge in [0, 0.05) is 18.2 Å². The monoisotopic (exact) mass is 299 g/mol. The Morgan fingerprint density at radius 1 is 1.19 bits per heavy atom. The number of fused-ring (bicyclic) bond motifs is 1. The number of hydrogen-bond acceptors (Lipinski definition) is 5. The number of anilines is 1. The summed E-state index contributed by atoms with van der Waals surface area (Å²) in [6, 6.07) is 12.1. The molecule has 0 aliphatic heterocycles. The molecule has 0 amide bonds. The second kappa shape index (κ2) is 6.13. The number of aromatic nitrogens is 4. The molecule has 0 aliphatic rings. The molecule has 3 rings (SSSR count). The van der Waals surface area contributed by atoms with Crippen molar-refractivity contribution in [2.24, 2.45) is 0 Å². The predicted octanol–water partition coefficient (Wildman–Crippen LogP) is 3.34. The lowest BCUT2D eigenvalue weighted by Crippen LogP contribution is -2.09. The highest BCUT2D eigenvalue weighted by atomic mass is 32.2. The molecule has 0 radical (unpaired) electrons. The summed E-state index contributed by atoms with van der Waals surface area (Å²) < 4.78 is 1.78. The van der Waals surface area contributed by atoms with Crippen LogP contribution >= 0.6 is 11.8 Å². The van der Waals surface area contributed by atoms with Crippen LogP contribution in [0.3, 0.4) is 0 Å². The minimum atomic E-state index is 0.744. The molecular weight excluding hydrogens is 282 g/mol. The lowest BCUT2D eigenvalue weighted by Gasteiger charge is -2.06. The molecule has 21 heavy (non-hydrogen) atoms. The van der Waals surface area contributed by atoms with Gasteiger partial charge in [0.2, 0.25) is 5.95 Å². The van der Waals surface area contributed by atoms with E-state index in [-0.39, 0.29) is 0 Å². The molecule has 2 heterocycles. The van der Waals surface area contributed by atoms with Gasteiger partial charge < -0.3 is 5.32 Å². The average molecular weight is 299 g/mol. The van der Waals surface area contributed by atoms with Gasteiger partial charge in [-0.2, -0.15) is 14.6 Å². The van der Waals surface area contributed by atoms with Crippen molar-refractivity contribution >= 4 is 23.4 Å². The van der Waals surface area contributed by atoms with Crippen molar-refractivity contribution in [2.45, 2.75) is 18.5 Å². The minimum absolute atomic E-state index is 0.744. The molecule has 0 fully saturated rings. The molecule has 1 aromatic carbocycles. The summed E-state index contributed by atoms with van der Waals surface area (Å²) in [5.41, 5.74) is 2.80. The van der Waals surface area contributed by atoms with Crippen molar-refractivity contribution in [1.29, 1.82) is 0 Å². The molecule has 0 spiro atoms. The third kappa shape index (κ3) is 2.85. The van der Waals surface area contributed by atoms with Crippen LogP contribution in [0.15, 0.2) is 41.6 Å². The maximum Gasteiger partial charge on any atom is 0.228 e. The fourth-order valence-corrected chi connectivity index (χ4v) is 2.42. The molecule has 6 heteroatoms. The van der Waals surface area contributed by atoms with Crippen molar-refractivity contribution < 1.29 is 0 Å². The first kappa shape index (κ1) is 13.9. The van der Waals surface area contributed by atoms with E-state index >= 15 is 0 Å². The summed E-state index contributed by atoms with van der Waals surface area (Å²) in [4.78, 5) is 9.03. The average Bonchev–Trinajstić information content (AvgIpc) is 2.97. The molecule has 0 saturated carbocycles. The van der Waals surface area contributed by atoms with Crippen LogP contribution in [0.5, 0.6) is 0 Å². The second-order valence-electron chi connectivity index (χ2n) is 4.63. The van der Waals surface area contributed by atoms with Gasteiger partial charge in [-0.05, 0) is 12.7 Å². The van der Waals surface area contributed by atoms with Gasteiger partial charge in [-0.1, -0.05) is 49.0 Å². The van der Waals surface area contributed by atoms with Gasteiger partial charge in [-0.25, -0.2) is 4.98 Å². The van der Waals surface area contributed by atoms with E-state index in [0.29, 0.717) is 0 Å². The van der Waals surface area contributed by atoms with Gasteiger partial charge in [0.25, 0.3) is 0 Å². The summed E-state index contributed by atoms with van der Waals surface area (Å²) >= 11 is 1.53. The van der Waals surface area contributed by atoms with Crippen molar-refractivity contribution in [1.82, 2.24) is 19.6 Å². The highest BCUT2D eigenvalue weighted by molar-refractivity contribution is 7.98. The lowest BCUT2D eigenvalue weighted by molar-refractivity contribution is 0.824. The summed E-state index contributed by atoms with van der Waals surface area (Å²) in [5, 5.41) is 8.69. The number of nitrogens with zero attached hydrogens (tertiary/aromatic N) is 4. The number of hydrogen-bond donors (Lipinski definition) is 1. The highest BCUT2D eigenvalue weighted by Gasteiger charge is 2.11. The Labute approximate surface area is 127 Å². The molecule has 0 aliphatic carbocycles. The Morgan fingerprint density at radius 3 is 2.71 bits per heavy atom. The van der Waals surface area contributed by atoms with Crippen LogP contribution < -0.4 is 5.32 Å². The number of nitrogens with one attached hydrogen (secondary N) is 1. The molecule has 0 atom stereocenters. The molecule has 0 bridgehead atoms. The third-order valence-corrected chi connectivity index (χ3v) is 3.64. The van der Waals surface area contributed by atoms with E-state index in [2.05, 4.69) is 27.3 Å². The van der Waals surface area contributed by atoms with E-state index in [4.69, 9.17) is 0 Å². The molecule has 2 aromatic heterocycles. The smallest absolute Gasteiger partial charge is 0.228 e.